The molecule has 7 heteroatoms. The number of rotatable bonds is 5. The van der Waals surface area contributed by atoms with Crippen molar-refractivity contribution >= 4 is 16.8 Å². The summed E-state index contributed by atoms with van der Waals surface area (Å²) in [6, 6.07) is 12.0. The second-order valence-corrected chi connectivity index (χ2v) is 7.62. The lowest BCUT2D eigenvalue weighted by Crippen LogP contribution is -2.25. The number of hydrogen-bond donors (Lipinski definition) is 0. The lowest BCUT2D eigenvalue weighted by atomic mass is 10.1. The van der Waals surface area contributed by atoms with Gasteiger partial charge in [0, 0.05) is 23.0 Å². The third-order valence-electron chi connectivity index (χ3n) is 5.57. The minimum atomic E-state index is -0.262. The first-order valence-electron chi connectivity index (χ1n) is 9.75. The van der Waals surface area contributed by atoms with Crippen LogP contribution in [0.4, 0.5) is 0 Å². The average Bonchev–Trinajstić information content (AvgIpc) is 3.37. The van der Waals surface area contributed by atoms with Crippen molar-refractivity contribution < 1.29 is 4.79 Å². The molecule has 1 aliphatic carbocycles. The molecule has 1 aliphatic rings. The van der Waals surface area contributed by atoms with Crippen LogP contribution in [0, 0.1) is 13.8 Å². The summed E-state index contributed by atoms with van der Waals surface area (Å²) in [6.45, 7) is 3.97. The molecule has 29 heavy (non-hydrogen) atoms. The molecule has 1 fully saturated rings. The standard InChI is InChI=1S/C22H21N5O2/c1-14-10-18(15(2)26(14)16-8-9-16)20(28)12-25-13-23-21-19(22(25)29)11-24-27(21)17-6-4-3-5-7-17/h3-7,10-11,13,16H,8-9,12H2,1-2H3. The summed E-state index contributed by atoms with van der Waals surface area (Å²) in [6.07, 6.45) is 5.27. The van der Waals surface area contributed by atoms with Gasteiger partial charge in [0.05, 0.1) is 18.4 Å². The second-order valence-electron chi connectivity index (χ2n) is 7.62. The Balaban J connectivity index is 1.49. The molecule has 1 aromatic carbocycles. The van der Waals surface area contributed by atoms with Crippen LogP contribution >= 0.6 is 0 Å². The van der Waals surface area contributed by atoms with Gasteiger partial charge in [-0.1, -0.05) is 18.2 Å². The van der Waals surface area contributed by atoms with E-state index >= 15 is 0 Å². The molecule has 0 amide bonds. The maximum Gasteiger partial charge on any atom is 0.264 e. The first-order valence-corrected chi connectivity index (χ1v) is 9.75. The van der Waals surface area contributed by atoms with Crippen molar-refractivity contribution in [1.29, 1.82) is 0 Å². The van der Waals surface area contributed by atoms with Gasteiger partial charge in [-0.25, -0.2) is 9.67 Å². The summed E-state index contributed by atoms with van der Waals surface area (Å²) in [5, 5.41) is 4.71. The van der Waals surface area contributed by atoms with E-state index in [0.717, 1.165) is 29.9 Å². The minimum absolute atomic E-state index is 0.0345. The van der Waals surface area contributed by atoms with Crippen LogP contribution in [0.25, 0.3) is 16.7 Å². The quantitative estimate of drug-likeness (QED) is 0.493. The zero-order chi connectivity index (χ0) is 20.1. The summed E-state index contributed by atoms with van der Waals surface area (Å²) in [5.41, 5.74) is 3.81. The fourth-order valence-corrected chi connectivity index (χ4v) is 4.01. The van der Waals surface area contributed by atoms with Crippen LogP contribution in [0.2, 0.25) is 0 Å². The molecular weight excluding hydrogens is 366 g/mol. The lowest BCUT2D eigenvalue weighted by molar-refractivity contribution is 0.0970. The number of para-hydroxylation sites is 1. The van der Waals surface area contributed by atoms with Crippen LogP contribution in [0.1, 0.15) is 40.6 Å². The largest absolute Gasteiger partial charge is 0.345 e. The Morgan fingerprint density at radius 3 is 2.66 bits per heavy atom. The number of hydrogen-bond acceptors (Lipinski definition) is 4. The molecule has 0 aliphatic heterocycles. The first kappa shape index (κ1) is 17.6. The molecule has 1 saturated carbocycles. The van der Waals surface area contributed by atoms with Crippen molar-refractivity contribution in [3.05, 3.63) is 76.2 Å². The number of ketones is 1. The molecule has 0 spiro atoms. The van der Waals surface area contributed by atoms with E-state index in [1.807, 2.05) is 50.2 Å². The van der Waals surface area contributed by atoms with Crippen molar-refractivity contribution in [2.75, 3.05) is 0 Å². The monoisotopic (exact) mass is 387 g/mol. The van der Waals surface area contributed by atoms with Gasteiger partial charge in [0.1, 0.15) is 11.7 Å². The first-order chi connectivity index (χ1) is 14.0. The van der Waals surface area contributed by atoms with Crippen LogP contribution in [-0.2, 0) is 6.54 Å². The maximum absolute atomic E-state index is 12.9. The molecule has 5 rings (SSSR count). The molecule has 7 nitrogen and oxygen atoms in total. The fourth-order valence-electron chi connectivity index (χ4n) is 4.01. The zero-order valence-corrected chi connectivity index (χ0v) is 16.4. The highest BCUT2D eigenvalue weighted by atomic mass is 16.1. The highest BCUT2D eigenvalue weighted by Gasteiger charge is 2.28. The molecule has 4 aromatic rings. The molecule has 0 saturated heterocycles. The Bertz CT molecular complexity index is 1290. The summed E-state index contributed by atoms with van der Waals surface area (Å²) in [7, 11) is 0. The molecule has 0 unspecified atom stereocenters. The topological polar surface area (TPSA) is 74.7 Å². The number of aromatic nitrogens is 5. The van der Waals surface area contributed by atoms with E-state index in [2.05, 4.69) is 14.6 Å². The van der Waals surface area contributed by atoms with Gasteiger partial charge in [-0.2, -0.15) is 5.10 Å². The third kappa shape index (κ3) is 2.90. The SMILES string of the molecule is Cc1cc(C(=O)Cn2cnc3c(cnn3-c3ccccc3)c2=O)c(C)n1C1CC1. The molecule has 0 bridgehead atoms. The van der Waals surface area contributed by atoms with Crippen molar-refractivity contribution in [3.8, 4) is 5.69 Å². The summed E-state index contributed by atoms with van der Waals surface area (Å²) >= 11 is 0. The van der Waals surface area contributed by atoms with E-state index < -0.39 is 0 Å². The van der Waals surface area contributed by atoms with Gasteiger partial charge in [0.2, 0.25) is 0 Å². The molecular formula is C22H21N5O2. The van der Waals surface area contributed by atoms with Crippen LogP contribution in [0.5, 0.6) is 0 Å². The van der Waals surface area contributed by atoms with E-state index in [9.17, 15) is 9.59 Å². The van der Waals surface area contributed by atoms with Crippen LogP contribution in [-0.4, -0.2) is 29.7 Å². The van der Waals surface area contributed by atoms with Gasteiger partial charge < -0.3 is 4.57 Å². The smallest absolute Gasteiger partial charge is 0.264 e. The van der Waals surface area contributed by atoms with Crippen molar-refractivity contribution in [2.24, 2.45) is 0 Å². The predicted molar refractivity (Wildman–Crippen MR) is 110 cm³/mol. The maximum atomic E-state index is 12.9. The number of fused-ring (bicyclic) bond motifs is 1. The number of carbonyl (C=O) groups is 1. The van der Waals surface area contributed by atoms with Gasteiger partial charge in [-0.05, 0) is 44.9 Å². The highest BCUT2D eigenvalue weighted by molar-refractivity contribution is 5.97. The van der Waals surface area contributed by atoms with Crippen molar-refractivity contribution in [1.82, 2.24) is 23.9 Å². The van der Waals surface area contributed by atoms with E-state index in [-0.39, 0.29) is 17.9 Å². The summed E-state index contributed by atoms with van der Waals surface area (Å²) in [4.78, 5) is 30.3. The van der Waals surface area contributed by atoms with Crippen LogP contribution in [0.15, 0.2) is 53.7 Å². The van der Waals surface area contributed by atoms with Gasteiger partial charge in [0.15, 0.2) is 11.4 Å². The van der Waals surface area contributed by atoms with Gasteiger partial charge >= 0.3 is 0 Å². The van der Waals surface area contributed by atoms with E-state index in [1.54, 1.807) is 4.68 Å². The Morgan fingerprint density at radius 1 is 1.17 bits per heavy atom. The lowest BCUT2D eigenvalue weighted by Gasteiger charge is -2.08. The molecule has 0 radical (unpaired) electrons. The Morgan fingerprint density at radius 2 is 1.93 bits per heavy atom. The van der Waals surface area contributed by atoms with Crippen molar-refractivity contribution in [2.45, 2.75) is 39.3 Å². The summed E-state index contributed by atoms with van der Waals surface area (Å²) < 4.78 is 5.23. The predicted octanol–water partition coefficient (Wildman–Crippen LogP) is 3.22. The van der Waals surface area contributed by atoms with Gasteiger partial charge in [0.25, 0.3) is 5.56 Å². The number of aryl methyl sites for hydroxylation is 1. The Hall–Kier alpha value is -3.48. The normalized spacial score (nSPS) is 13.9. The zero-order valence-electron chi connectivity index (χ0n) is 16.4. The molecule has 0 atom stereocenters. The van der Waals surface area contributed by atoms with Gasteiger partial charge in [-0.15, -0.1) is 0 Å². The molecule has 3 aromatic heterocycles. The van der Waals surface area contributed by atoms with Gasteiger partial charge in [-0.3, -0.25) is 14.2 Å². The second kappa shape index (κ2) is 6.55. The average molecular weight is 387 g/mol. The number of benzene rings is 1. The van der Waals surface area contributed by atoms with Crippen LogP contribution in [0.3, 0.4) is 0 Å². The van der Waals surface area contributed by atoms with Crippen molar-refractivity contribution in [3.63, 3.8) is 0 Å². The Kier molecular flexibility index (Phi) is 3.97. The van der Waals surface area contributed by atoms with E-state index in [1.165, 1.54) is 17.1 Å². The van der Waals surface area contributed by atoms with Crippen LogP contribution < -0.4 is 5.56 Å². The minimum Gasteiger partial charge on any atom is -0.345 e. The number of nitrogens with zero attached hydrogens (tertiary/aromatic N) is 5. The highest BCUT2D eigenvalue weighted by Crippen LogP contribution is 2.38. The summed E-state index contributed by atoms with van der Waals surface area (Å²) in [5.74, 6) is -0.0799. The molecule has 0 N–H and O–H groups in total. The van der Waals surface area contributed by atoms with E-state index in [0.29, 0.717) is 22.6 Å². The fraction of sp³-hybridized carbons (Fsp3) is 0.273. The Labute approximate surface area is 167 Å². The molecule has 146 valence electrons. The van der Waals surface area contributed by atoms with E-state index in [4.69, 9.17) is 0 Å². The number of carbonyl (C=O) groups excluding carboxylic acids is 1. The molecule has 3 heterocycles. The third-order valence-corrected chi connectivity index (χ3v) is 5.57. The number of Topliss-reactive ketones (excluding diaryl/α,β-unsaturated/α-hetero) is 1.